The number of imide groups is 1. The summed E-state index contributed by atoms with van der Waals surface area (Å²) in [5.41, 5.74) is 4.92. The van der Waals surface area contributed by atoms with Gasteiger partial charge in [-0.1, -0.05) is 30.3 Å². The smallest absolute Gasteiger partial charge is 0.344 e. The van der Waals surface area contributed by atoms with Gasteiger partial charge in [-0.15, -0.1) is 0 Å². The van der Waals surface area contributed by atoms with E-state index in [4.69, 9.17) is 17.0 Å². The predicted molar refractivity (Wildman–Crippen MR) is 111 cm³/mol. The Morgan fingerprint density at radius 2 is 1.79 bits per heavy atom. The molecule has 3 N–H and O–H groups in total. The summed E-state index contributed by atoms with van der Waals surface area (Å²) in [7, 11) is 1.54. The number of para-hydroxylation sites is 1. The van der Waals surface area contributed by atoms with Gasteiger partial charge in [0.05, 0.1) is 7.11 Å². The fourth-order valence-corrected chi connectivity index (χ4v) is 3.32. The number of hydrazine groups is 1. The molecule has 28 heavy (non-hydrogen) atoms. The van der Waals surface area contributed by atoms with Crippen LogP contribution in [0, 0.1) is 13.8 Å². The molecule has 1 fully saturated rings. The zero-order chi connectivity index (χ0) is 20.5. The largest absolute Gasteiger partial charge is 0.497 e. The summed E-state index contributed by atoms with van der Waals surface area (Å²) in [5, 5.41) is 6.82. The summed E-state index contributed by atoms with van der Waals surface area (Å²) in [5.74, 6) is 0.135. The second-order valence-corrected chi connectivity index (χ2v) is 7.17. The normalized spacial score (nSPS) is 18.6. The number of carbonyl (C=O) groups is 2. The standard InChI is InChI=1S/C20H22N4O3S/c1-12-7-5-8-13(2)16(12)21-18(28)23-24-17(25)20(3,22-19(24)26)14-9-6-10-15(11-14)27-4/h5-11H,1-4H3,(H,22,26)(H2,21,23,28). The van der Waals surface area contributed by atoms with Crippen molar-refractivity contribution in [3.63, 3.8) is 0 Å². The molecule has 1 atom stereocenters. The van der Waals surface area contributed by atoms with Crippen molar-refractivity contribution in [1.29, 1.82) is 0 Å². The molecule has 3 rings (SSSR count). The lowest BCUT2D eigenvalue weighted by Crippen LogP contribution is -2.49. The zero-order valence-electron chi connectivity index (χ0n) is 16.1. The summed E-state index contributed by atoms with van der Waals surface area (Å²) in [4.78, 5) is 25.5. The number of benzene rings is 2. The maximum Gasteiger partial charge on any atom is 0.344 e. The maximum absolute atomic E-state index is 13.0. The number of anilines is 1. The van der Waals surface area contributed by atoms with Crippen molar-refractivity contribution in [3.05, 3.63) is 59.2 Å². The average Bonchev–Trinajstić information content (AvgIpc) is 2.89. The number of urea groups is 1. The van der Waals surface area contributed by atoms with Gasteiger partial charge in [0.25, 0.3) is 5.91 Å². The number of nitrogens with one attached hydrogen (secondary N) is 3. The minimum atomic E-state index is -1.23. The summed E-state index contributed by atoms with van der Waals surface area (Å²) < 4.78 is 5.22. The van der Waals surface area contributed by atoms with Crippen LogP contribution in [0.25, 0.3) is 0 Å². The maximum atomic E-state index is 13.0. The summed E-state index contributed by atoms with van der Waals surface area (Å²) in [6.07, 6.45) is 0. The van der Waals surface area contributed by atoms with Crippen LogP contribution in [0.4, 0.5) is 10.5 Å². The average molecular weight is 398 g/mol. The molecular weight excluding hydrogens is 376 g/mol. The van der Waals surface area contributed by atoms with Crippen molar-refractivity contribution in [2.24, 2.45) is 0 Å². The Hall–Kier alpha value is -3.13. The van der Waals surface area contributed by atoms with Crippen molar-refractivity contribution in [3.8, 4) is 5.75 Å². The highest BCUT2D eigenvalue weighted by atomic mass is 32.1. The van der Waals surface area contributed by atoms with Gasteiger partial charge in [-0.25, -0.2) is 4.79 Å². The molecule has 0 radical (unpaired) electrons. The van der Waals surface area contributed by atoms with Gasteiger partial charge in [0.1, 0.15) is 11.3 Å². The van der Waals surface area contributed by atoms with Crippen LogP contribution in [0.5, 0.6) is 5.75 Å². The lowest BCUT2D eigenvalue weighted by atomic mass is 9.92. The number of carbonyl (C=O) groups excluding carboxylic acids is 2. The van der Waals surface area contributed by atoms with Gasteiger partial charge in [-0.3, -0.25) is 10.2 Å². The Labute approximate surface area is 169 Å². The Morgan fingerprint density at radius 1 is 1.14 bits per heavy atom. The molecule has 2 aromatic carbocycles. The number of aryl methyl sites for hydroxylation is 2. The van der Waals surface area contributed by atoms with E-state index in [1.807, 2.05) is 32.0 Å². The minimum absolute atomic E-state index is 0.149. The number of hydrogen-bond acceptors (Lipinski definition) is 4. The van der Waals surface area contributed by atoms with Crippen LogP contribution in [0.15, 0.2) is 42.5 Å². The van der Waals surface area contributed by atoms with E-state index in [0.717, 1.165) is 21.8 Å². The third kappa shape index (κ3) is 3.50. The molecule has 146 valence electrons. The van der Waals surface area contributed by atoms with E-state index >= 15 is 0 Å². The van der Waals surface area contributed by atoms with E-state index in [9.17, 15) is 9.59 Å². The van der Waals surface area contributed by atoms with Crippen molar-refractivity contribution >= 4 is 35.0 Å². The summed E-state index contributed by atoms with van der Waals surface area (Å²) in [6, 6.07) is 12.3. The van der Waals surface area contributed by atoms with Crippen LogP contribution in [0.2, 0.25) is 0 Å². The third-order valence-corrected chi connectivity index (χ3v) is 4.96. The second-order valence-electron chi connectivity index (χ2n) is 6.76. The van der Waals surface area contributed by atoms with E-state index in [1.165, 1.54) is 0 Å². The SMILES string of the molecule is COc1cccc(C2(C)NC(=O)N(NC(=S)Nc3c(C)cccc3C)C2=O)c1. The van der Waals surface area contributed by atoms with Crippen LogP contribution < -0.4 is 20.8 Å². The van der Waals surface area contributed by atoms with E-state index in [1.54, 1.807) is 38.3 Å². The number of thiocarbonyl (C=S) groups is 1. The van der Waals surface area contributed by atoms with E-state index in [0.29, 0.717) is 11.3 Å². The van der Waals surface area contributed by atoms with E-state index in [2.05, 4.69) is 16.1 Å². The van der Waals surface area contributed by atoms with Crippen molar-refractivity contribution in [2.45, 2.75) is 26.3 Å². The second kappa shape index (κ2) is 7.47. The topological polar surface area (TPSA) is 82.7 Å². The van der Waals surface area contributed by atoms with Gasteiger partial charge in [-0.05, 0) is 61.8 Å². The van der Waals surface area contributed by atoms with Gasteiger partial charge in [0, 0.05) is 5.69 Å². The van der Waals surface area contributed by atoms with Gasteiger partial charge in [0.2, 0.25) is 0 Å². The highest BCUT2D eigenvalue weighted by molar-refractivity contribution is 7.80. The van der Waals surface area contributed by atoms with Crippen LogP contribution in [-0.2, 0) is 10.3 Å². The first kappa shape index (κ1) is 19.6. The Bertz CT molecular complexity index is 942. The molecule has 8 heteroatoms. The molecule has 3 amide bonds. The fourth-order valence-electron chi connectivity index (χ4n) is 3.12. The third-order valence-electron chi connectivity index (χ3n) is 4.77. The van der Waals surface area contributed by atoms with Gasteiger partial charge < -0.3 is 15.4 Å². The lowest BCUT2D eigenvalue weighted by molar-refractivity contribution is -0.132. The predicted octanol–water partition coefficient (Wildman–Crippen LogP) is 2.98. The molecule has 0 spiro atoms. The Kier molecular flexibility index (Phi) is 5.24. The number of nitrogens with zero attached hydrogens (tertiary/aromatic N) is 1. The molecule has 1 aliphatic heterocycles. The fraction of sp³-hybridized carbons (Fsp3) is 0.250. The first-order valence-corrected chi connectivity index (χ1v) is 9.12. The molecule has 0 saturated carbocycles. The minimum Gasteiger partial charge on any atom is -0.497 e. The van der Waals surface area contributed by atoms with E-state index in [-0.39, 0.29) is 5.11 Å². The lowest BCUT2D eigenvalue weighted by Gasteiger charge is -2.23. The first-order valence-electron chi connectivity index (χ1n) is 8.71. The van der Waals surface area contributed by atoms with E-state index < -0.39 is 17.5 Å². The zero-order valence-corrected chi connectivity index (χ0v) is 16.9. The summed E-state index contributed by atoms with van der Waals surface area (Å²) >= 11 is 5.31. The Morgan fingerprint density at radius 3 is 2.43 bits per heavy atom. The van der Waals surface area contributed by atoms with Crippen LogP contribution in [-0.4, -0.2) is 29.2 Å². The quantitative estimate of drug-likeness (QED) is 0.543. The molecule has 1 unspecified atom stereocenters. The molecular formula is C20H22N4O3S. The highest BCUT2D eigenvalue weighted by Gasteiger charge is 2.50. The molecule has 1 saturated heterocycles. The Balaban J connectivity index is 1.79. The molecule has 7 nitrogen and oxygen atoms in total. The molecule has 1 heterocycles. The summed E-state index contributed by atoms with van der Waals surface area (Å²) in [6.45, 7) is 5.54. The van der Waals surface area contributed by atoms with Crippen molar-refractivity contribution < 1.29 is 14.3 Å². The molecule has 2 aromatic rings. The molecule has 1 aliphatic rings. The monoisotopic (exact) mass is 398 g/mol. The highest BCUT2D eigenvalue weighted by Crippen LogP contribution is 2.30. The van der Waals surface area contributed by atoms with Crippen LogP contribution in [0.1, 0.15) is 23.6 Å². The number of amides is 3. The van der Waals surface area contributed by atoms with Crippen molar-refractivity contribution in [1.82, 2.24) is 15.8 Å². The number of rotatable bonds is 4. The molecule has 0 aliphatic carbocycles. The number of ether oxygens (including phenoxy) is 1. The van der Waals surface area contributed by atoms with Gasteiger partial charge >= 0.3 is 6.03 Å². The van der Waals surface area contributed by atoms with Crippen LogP contribution in [0.3, 0.4) is 0 Å². The molecule has 0 bridgehead atoms. The van der Waals surface area contributed by atoms with Gasteiger partial charge in [0.15, 0.2) is 5.11 Å². The van der Waals surface area contributed by atoms with Gasteiger partial charge in [-0.2, -0.15) is 5.01 Å². The molecule has 0 aromatic heterocycles. The first-order chi connectivity index (χ1) is 13.3. The van der Waals surface area contributed by atoms with Crippen molar-refractivity contribution in [2.75, 3.05) is 12.4 Å². The van der Waals surface area contributed by atoms with Crippen LogP contribution >= 0.6 is 12.2 Å². The number of methoxy groups -OCH3 is 1. The number of hydrogen-bond donors (Lipinski definition) is 3.